The molecule has 0 heterocycles. The maximum absolute atomic E-state index is 14.7. The average Bonchev–Trinajstić information content (AvgIpc) is 3.08. The normalized spacial score (nSPS) is 11.9. The fourth-order valence-corrected chi connectivity index (χ4v) is 6.71. The van der Waals surface area contributed by atoms with E-state index in [2.05, 4.69) is 5.32 Å². The van der Waals surface area contributed by atoms with Crippen molar-refractivity contribution in [3.05, 3.63) is 119 Å². The summed E-state index contributed by atoms with van der Waals surface area (Å²) in [7, 11) is -1.26. The van der Waals surface area contributed by atoms with Gasteiger partial charge in [0.15, 0.2) is 0 Å². The lowest BCUT2D eigenvalue weighted by molar-refractivity contribution is -0.140. The van der Waals surface area contributed by atoms with Gasteiger partial charge < -0.3 is 19.7 Å². The average molecular weight is 672 g/mol. The molecule has 10 heteroatoms. The summed E-state index contributed by atoms with van der Waals surface area (Å²) in [6, 6.07) is 27.4. The molecule has 0 saturated carbocycles. The Morgan fingerprint density at radius 1 is 0.792 bits per heavy atom. The van der Waals surface area contributed by atoms with E-state index in [9.17, 15) is 18.0 Å². The molecule has 48 heavy (non-hydrogen) atoms. The van der Waals surface area contributed by atoms with Crippen LogP contribution in [0, 0.1) is 19.8 Å². The van der Waals surface area contributed by atoms with Gasteiger partial charge >= 0.3 is 0 Å². The number of benzene rings is 4. The number of rotatable bonds is 15. The first-order valence-electron chi connectivity index (χ1n) is 15.9. The Bertz CT molecular complexity index is 1790. The van der Waals surface area contributed by atoms with Crippen LogP contribution in [-0.4, -0.2) is 58.5 Å². The van der Waals surface area contributed by atoms with Crippen molar-refractivity contribution < 1.29 is 27.5 Å². The molecule has 0 spiro atoms. The lowest BCUT2D eigenvalue weighted by Gasteiger charge is -2.34. The largest absolute Gasteiger partial charge is 0.497 e. The van der Waals surface area contributed by atoms with Gasteiger partial charge in [-0.3, -0.25) is 13.9 Å². The second-order valence-corrected chi connectivity index (χ2v) is 14.1. The molecule has 1 atom stereocenters. The zero-order valence-corrected chi connectivity index (χ0v) is 29.3. The standard InChI is InChI=1S/C38H45N3O6S/c1-27(2)24-39-38(43)35(23-30-11-8-7-9-12-30)40(25-31-13-10-14-32(22-31)46-5)37(42)26-41(34-21-29(4)17-20-36(34)47-6)48(44,45)33-18-15-28(3)16-19-33/h7-22,27,35H,23-26H2,1-6H3,(H,39,43). The number of sulfonamides is 1. The second-order valence-electron chi connectivity index (χ2n) is 12.2. The number of hydrogen-bond acceptors (Lipinski definition) is 6. The summed E-state index contributed by atoms with van der Waals surface area (Å²) in [5.41, 5.74) is 3.47. The van der Waals surface area contributed by atoms with E-state index >= 15 is 0 Å². The molecule has 0 aliphatic rings. The molecule has 0 bridgehead atoms. The first-order chi connectivity index (χ1) is 22.9. The molecule has 1 unspecified atom stereocenters. The molecule has 4 aromatic carbocycles. The molecule has 0 aliphatic heterocycles. The number of amides is 2. The Balaban J connectivity index is 1.86. The molecular formula is C38H45N3O6S. The SMILES string of the molecule is COc1cccc(CN(C(=O)CN(c2cc(C)ccc2OC)S(=O)(=O)c2ccc(C)cc2)C(Cc2ccccc2)C(=O)NCC(C)C)c1. The van der Waals surface area contributed by atoms with Crippen LogP contribution >= 0.6 is 0 Å². The van der Waals surface area contributed by atoms with Gasteiger partial charge in [0.2, 0.25) is 11.8 Å². The van der Waals surface area contributed by atoms with Crippen molar-refractivity contribution in [3.8, 4) is 11.5 Å². The minimum atomic E-state index is -4.27. The third-order valence-corrected chi connectivity index (χ3v) is 9.71. The van der Waals surface area contributed by atoms with Crippen molar-refractivity contribution in [3.63, 3.8) is 0 Å². The molecule has 0 saturated heterocycles. The van der Waals surface area contributed by atoms with E-state index in [0.29, 0.717) is 18.0 Å². The molecule has 0 fully saturated rings. The molecule has 0 radical (unpaired) electrons. The summed E-state index contributed by atoms with van der Waals surface area (Å²) < 4.78 is 40.9. The first kappa shape index (κ1) is 36.0. The Morgan fingerprint density at radius 2 is 1.46 bits per heavy atom. The highest BCUT2D eigenvalue weighted by Crippen LogP contribution is 2.34. The van der Waals surface area contributed by atoms with E-state index in [1.807, 2.05) is 76.2 Å². The molecule has 0 aromatic heterocycles. The van der Waals surface area contributed by atoms with Gasteiger partial charge in [-0.1, -0.05) is 80.1 Å². The smallest absolute Gasteiger partial charge is 0.264 e. The number of nitrogens with one attached hydrogen (secondary N) is 1. The molecule has 0 aliphatic carbocycles. The van der Waals surface area contributed by atoms with Crippen LogP contribution in [0.15, 0.2) is 102 Å². The second kappa shape index (κ2) is 16.3. The van der Waals surface area contributed by atoms with Gasteiger partial charge in [-0.15, -0.1) is 0 Å². The van der Waals surface area contributed by atoms with Crippen LogP contribution < -0.4 is 19.1 Å². The van der Waals surface area contributed by atoms with Gasteiger partial charge in [0.1, 0.15) is 24.1 Å². The third-order valence-electron chi connectivity index (χ3n) is 7.93. The fourth-order valence-electron chi connectivity index (χ4n) is 5.29. The van der Waals surface area contributed by atoms with E-state index < -0.39 is 28.5 Å². The monoisotopic (exact) mass is 671 g/mol. The quantitative estimate of drug-likeness (QED) is 0.168. The highest BCUT2D eigenvalue weighted by molar-refractivity contribution is 7.92. The van der Waals surface area contributed by atoms with Crippen LogP contribution in [0.25, 0.3) is 0 Å². The zero-order valence-electron chi connectivity index (χ0n) is 28.5. The van der Waals surface area contributed by atoms with Crippen LogP contribution in [0.3, 0.4) is 0 Å². The van der Waals surface area contributed by atoms with Crippen LogP contribution in [0.4, 0.5) is 5.69 Å². The van der Waals surface area contributed by atoms with Gasteiger partial charge in [0, 0.05) is 19.5 Å². The topological polar surface area (TPSA) is 105 Å². The molecule has 4 aromatic rings. The molecule has 9 nitrogen and oxygen atoms in total. The van der Waals surface area contributed by atoms with Gasteiger partial charge in [-0.2, -0.15) is 0 Å². The number of aryl methyl sites for hydroxylation is 2. The lowest BCUT2D eigenvalue weighted by atomic mass is 10.0. The van der Waals surface area contributed by atoms with Crippen LogP contribution in [-0.2, 0) is 32.6 Å². The van der Waals surface area contributed by atoms with Gasteiger partial charge in [0.25, 0.3) is 10.0 Å². The Hall–Kier alpha value is -4.83. The zero-order chi connectivity index (χ0) is 34.8. The molecule has 4 rings (SSSR count). The summed E-state index contributed by atoms with van der Waals surface area (Å²) in [4.78, 5) is 30.2. The fraction of sp³-hybridized carbons (Fsp3) is 0.316. The van der Waals surface area contributed by atoms with Gasteiger partial charge in [-0.25, -0.2) is 8.42 Å². The summed E-state index contributed by atoms with van der Waals surface area (Å²) in [5, 5.41) is 3.01. The van der Waals surface area contributed by atoms with E-state index in [0.717, 1.165) is 26.6 Å². The number of nitrogens with zero attached hydrogens (tertiary/aromatic N) is 2. The van der Waals surface area contributed by atoms with E-state index in [-0.39, 0.29) is 35.4 Å². The predicted molar refractivity (Wildman–Crippen MR) is 189 cm³/mol. The van der Waals surface area contributed by atoms with Crippen molar-refractivity contribution in [1.29, 1.82) is 0 Å². The van der Waals surface area contributed by atoms with E-state index in [1.54, 1.807) is 43.5 Å². The number of carbonyl (C=O) groups is 2. The molecule has 254 valence electrons. The third kappa shape index (κ3) is 9.16. The number of anilines is 1. The summed E-state index contributed by atoms with van der Waals surface area (Å²) >= 11 is 0. The predicted octanol–water partition coefficient (Wildman–Crippen LogP) is 5.93. The van der Waals surface area contributed by atoms with Crippen LogP contribution in [0.1, 0.15) is 36.1 Å². The summed E-state index contributed by atoms with van der Waals surface area (Å²) in [5.74, 6) is 0.177. The van der Waals surface area contributed by atoms with Crippen molar-refractivity contribution in [2.24, 2.45) is 5.92 Å². The number of ether oxygens (including phenoxy) is 2. The van der Waals surface area contributed by atoms with E-state index in [1.165, 1.54) is 24.1 Å². The van der Waals surface area contributed by atoms with Gasteiger partial charge in [0.05, 0.1) is 24.8 Å². The molecular weight excluding hydrogens is 627 g/mol. The minimum absolute atomic E-state index is 0.0271. The lowest BCUT2D eigenvalue weighted by Crippen LogP contribution is -2.53. The first-order valence-corrected chi connectivity index (χ1v) is 17.3. The highest BCUT2D eigenvalue weighted by Gasteiger charge is 2.35. The Kier molecular flexibility index (Phi) is 12.2. The molecule has 1 N–H and O–H groups in total. The Morgan fingerprint density at radius 3 is 2.10 bits per heavy atom. The van der Waals surface area contributed by atoms with Crippen molar-refractivity contribution in [2.75, 3.05) is 31.6 Å². The van der Waals surface area contributed by atoms with E-state index in [4.69, 9.17) is 9.47 Å². The van der Waals surface area contributed by atoms with Crippen LogP contribution in [0.5, 0.6) is 11.5 Å². The minimum Gasteiger partial charge on any atom is -0.497 e. The highest BCUT2D eigenvalue weighted by atomic mass is 32.2. The van der Waals surface area contributed by atoms with Crippen molar-refractivity contribution >= 4 is 27.5 Å². The summed E-state index contributed by atoms with van der Waals surface area (Å²) in [6.07, 6.45) is 0.221. The number of hydrogen-bond donors (Lipinski definition) is 1. The van der Waals surface area contributed by atoms with Crippen molar-refractivity contribution in [1.82, 2.24) is 10.2 Å². The number of carbonyl (C=O) groups excluding carboxylic acids is 2. The number of methoxy groups -OCH3 is 2. The molecule has 2 amide bonds. The maximum atomic E-state index is 14.7. The maximum Gasteiger partial charge on any atom is 0.264 e. The summed E-state index contributed by atoms with van der Waals surface area (Å²) in [6.45, 7) is 7.57. The Labute approximate surface area is 284 Å². The van der Waals surface area contributed by atoms with Crippen molar-refractivity contribution in [2.45, 2.75) is 51.6 Å². The van der Waals surface area contributed by atoms with Crippen LogP contribution in [0.2, 0.25) is 0 Å². The van der Waals surface area contributed by atoms with Gasteiger partial charge in [-0.05, 0) is 72.9 Å².